The smallest absolute Gasteiger partial charge is 0.269 e. The minimum Gasteiger partial charge on any atom is -0.493 e. The summed E-state index contributed by atoms with van der Waals surface area (Å²) in [6.45, 7) is 0.105. The third kappa shape index (κ3) is 5.09. The fraction of sp³-hybridized carbons (Fsp3) is 0.160. The Morgan fingerprint density at radius 1 is 0.694 bits per heavy atom. The van der Waals surface area contributed by atoms with Crippen LogP contribution in [0.3, 0.4) is 0 Å². The second kappa shape index (κ2) is 10.6. The molecule has 0 fully saturated rings. The van der Waals surface area contributed by atoms with Crippen LogP contribution in [-0.2, 0) is 0 Å². The van der Waals surface area contributed by atoms with Crippen LogP contribution in [0, 0.1) is 0 Å². The van der Waals surface area contributed by atoms with Crippen LogP contribution in [0.25, 0.3) is 0 Å². The molecule has 11 heteroatoms. The molecule has 0 spiro atoms. The molecule has 3 aromatic rings. The number of nitrogens with one attached hydrogen (secondary N) is 3. The van der Waals surface area contributed by atoms with Crippen LogP contribution in [0.5, 0.6) is 28.7 Å². The molecule has 4 rings (SSSR count). The molecule has 1 heterocycles. The summed E-state index contributed by atoms with van der Waals surface area (Å²) in [4.78, 5) is 37.9. The van der Waals surface area contributed by atoms with Crippen LogP contribution in [-0.4, -0.2) is 45.8 Å². The van der Waals surface area contributed by atoms with Gasteiger partial charge in [-0.2, -0.15) is 0 Å². The first kappa shape index (κ1) is 24.2. The van der Waals surface area contributed by atoms with Gasteiger partial charge in [0.15, 0.2) is 23.0 Å². The quantitative estimate of drug-likeness (QED) is 0.428. The SMILES string of the molecule is COc1cc(C(=O)NNC(=O)c2cccc(NC(=O)c3ccc4c(c3)OCO4)c2)cc(OC)c1OC. The Hall–Kier alpha value is -4.93. The van der Waals surface area contributed by atoms with E-state index in [1.807, 2.05) is 0 Å². The van der Waals surface area contributed by atoms with Gasteiger partial charge in [0, 0.05) is 22.4 Å². The van der Waals surface area contributed by atoms with Gasteiger partial charge in [-0.1, -0.05) is 6.07 Å². The van der Waals surface area contributed by atoms with E-state index in [1.165, 1.54) is 45.6 Å². The molecule has 3 N–H and O–H groups in total. The Labute approximate surface area is 206 Å². The number of anilines is 1. The number of carbonyl (C=O) groups is 3. The number of ether oxygens (including phenoxy) is 5. The van der Waals surface area contributed by atoms with Crippen LogP contribution < -0.4 is 39.9 Å². The molecule has 1 aliphatic rings. The standard InChI is InChI=1S/C25H23N3O8/c1-32-20-11-16(12-21(33-2)22(20)34-3)25(31)28-27-24(30)14-5-4-6-17(9-14)26-23(29)15-7-8-18-19(10-15)36-13-35-18/h4-12H,13H2,1-3H3,(H,26,29)(H,27,30)(H,28,31). The second-order valence-electron chi connectivity index (χ2n) is 7.43. The zero-order valence-electron chi connectivity index (χ0n) is 19.7. The number of hydrazine groups is 1. The average Bonchev–Trinajstić information content (AvgIpc) is 3.38. The number of amides is 3. The molecule has 0 unspecified atom stereocenters. The van der Waals surface area contributed by atoms with Gasteiger partial charge in [0.2, 0.25) is 12.5 Å². The number of fused-ring (bicyclic) bond motifs is 1. The van der Waals surface area contributed by atoms with E-state index >= 15 is 0 Å². The zero-order valence-corrected chi connectivity index (χ0v) is 19.7. The van der Waals surface area contributed by atoms with Crippen LogP contribution in [0.15, 0.2) is 54.6 Å². The monoisotopic (exact) mass is 493 g/mol. The minimum absolute atomic E-state index is 0.105. The van der Waals surface area contributed by atoms with Gasteiger partial charge in [-0.05, 0) is 48.5 Å². The number of hydrogen-bond donors (Lipinski definition) is 3. The third-order valence-corrected chi connectivity index (χ3v) is 5.23. The molecular weight excluding hydrogens is 470 g/mol. The summed E-state index contributed by atoms with van der Waals surface area (Å²) < 4.78 is 26.3. The van der Waals surface area contributed by atoms with Gasteiger partial charge >= 0.3 is 0 Å². The van der Waals surface area contributed by atoms with Gasteiger partial charge in [-0.25, -0.2) is 0 Å². The molecule has 0 saturated heterocycles. The largest absolute Gasteiger partial charge is 0.493 e. The van der Waals surface area contributed by atoms with Gasteiger partial charge in [-0.3, -0.25) is 25.2 Å². The van der Waals surface area contributed by atoms with E-state index in [4.69, 9.17) is 23.7 Å². The molecule has 1 aliphatic heterocycles. The molecule has 3 aromatic carbocycles. The molecule has 0 radical (unpaired) electrons. The van der Waals surface area contributed by atoms with Gasteiger partial charge in [-0.15, -0.1) is 0 Å². The normalized spacial score (nSPS) is 11.3. The van der Waals surface area contributed by atoms with Gasteiger partial charge in [0.05, 0.1) is 21.3 Å². The first-order valence-corrected chi connectivity index (χ1v) is 10.6. The zero-order chi connectivity index (χ0) is 25.7. The Morgan fingerprint density at radius 3 is 2.00 bits per heavy atom. The van der Waals surface area contributed by atoms with Crippen molar-refractivity contribution in [2.75, 3.05) is 33.4 Å². The number of benzene rings is 3. The van der Waals surface area contributed by atoms with E-state index < -0.39 is 11.8 Å². The summed E-state index contributed by atoms with van der Waals surface area (Å²) in [5, 5.41) is 2.73. The average molecular weight is 493 g/mol. The molecule has 0 bridgehead atoms. The molecule has 0 aromatic heterocycles. The molecule has 0 saturated carbocycles. The first-order valence-electron chi connectivity index (χ1n) is 10.6. The van der Waals surface area contributed by atoms with Crippen molar-refractivity contribution in [3.8, 4) is 28.7 Å². The number of rotatable bonds is 7. The lowest BCUT2D eigenvalue weighted by Gasteiger charge is -2.14. The number of carbonyl (C=O) groups excluding carboxylic acids is 3. The van der Waals surface area contributed by atoms with E-state index in [2.05, 4.69) is 16.2 Å². The lowest BCUT2D eigenvalue weighted by atomic mass is 10.1. The van der Waals surface area contributed by atoms with Crippen molar-refractivity contribution in [1.29, 1.82) is 0 Å². The summed E-state index contributed by atoms with van der Waals surface area (Å²) in [6, 6.07) is 14.0. The maximum absolute atomic E-state index is 12.6. The Morgan fingerprint density at radius 2 is 1.33 bits per heavy atom. The van der Waals surface area contributed by atoms with Gasteiger partial charge in [0.25, 0.3) is 17.7 Å². The van der Waals surface area contributed by atoms with Crippen molar-refractivity contribution in [3.05, 3.63) is 71.3 Å². The fourth-order valence-electron chi connectivity index (χ4n) is 3.45. The van der Waals surface area contributed by atoms with Crippen molar-refractivity contribution in [1.82, 2.24) is 10.9 Å². The minimum atomic E-state index is -0.602. The third-order valence-electron chi connectivity index (χ3n) is 5.23. The highest BCUT2D eigenvalue weighted by Gasteiger charge is 2.19. The maximum Gasteiger partial charge on any atom is 0.269 e. The Bertz CT molecular complexity index is 1300. The fourth-order valence-corrected chi connectivity index (χ4v) is 3.45. The van der Waals surface area contributed by atoms with Crippen molar-refractivity contribution in [2.45, 2.75) is 0 Å². The highest BCUT2D eigenvalue weighted by atomic mass is 16.7. The molecule has 11 nitrogen and oxygen atoms in total. The molecule has 186 valence electrons. The van der Waals surface area contributed by atoms with Crippen molar-refractivity contribution >= 4 is 23.4 Å². The summed E-state index contributed by atoms with van der Waals surface area (Å²) in [7, 11) is 4.31. The van der Waals surface area contributed by atoms with Gasteiger partial charge < -0.3 is 29.0 Å². The lowest BCUT2D eigenvalue weighted by molar-refractivity contribution is 0.0846. The van der Waals surface area contributed by atoms with Crippen LogP contribution in [0.4, 0.5) is 5.69 Å². The van der Waals surface area contributed by atoms with Crippen molar-refractivity contribution in [3.63, 3.8) is 0 Å². The lowest BCUT2D eigenvalue weighted by Crippen LogP contribution is -2.41. The van der Waals surface area contributed by atoms with E-state index in [0.717, 1.165) is 0 Å². The summed E-state index contributed by atoms with van der Waals surface area (Å²) in [6.07, 6.45) is 0. The van der Waals surface area contributed by atoms with E-state index in [1.54, 1.807) is 30.3 Å². The van der Waals surface area contributed by atoms with Crippen molar-refractivity contribution < 1.29 is 38.1 Å². The number of hydrogen-bond acceptors (Lipinski definition) is 8. The van der Waals surface area contributed by atoms with Crippen molar-refractivity contribution in [2.24, 2.45) is 0 Å². The molecule has 3 amide bonds. The second-order valence-corrected chi connectivity index (χ2v) is 7.43. The summed E-state index contributed by atoms with van der Waals surface area (Å²) in [5.74, 6) is 0.391. The highest BCUT2D eigenvalue weighted by molar-refractivity contribution is 6.05. The molecular formula is C25H23N3O8. The summed E-state index contributed by atoms with van der Waals surface area (Å²) in [5.41, 5.74) is 5.84. The van der Waals surface area contributed by atoms with E-state index in [-0.39, 0.29) is 23.8 Å². The van der Waals surface area contributed by atoms with Crippen LogP contribution in [0.2, 0.25) is 0 Å². The highest BCUT2D eigenvalue weighted by Crippen LogP contribution is 2.38. The summed E-state index contributed by atoms with van der Waals surface area (Å²) >= 11 is 0. The predicted molar refractivity (Wildman–Crippen MR) is 128 cm³/mol. The van der Waals surface area contributed by atoms with Gasteiger partial charge in [0.1, 0.15) is 0 Å². The molecule has 0 aliphatic carbocycles. The first-order chi connectivity index (χ1) is 17.4. The Balaban J connectivity index is 1.40. The predicted octanol–water partition coefficient (Wildman–Crippen LogP) is 2.77. The van der Waals surface area contributed by atoms with Crippen LogP contribution in [0.1, 0.15) is 31.1 Å². The van der Waals surface area contributed by atoms with E-state index in [9.17, 15) is 14.4 Å². The number of methoxy groups -OCH3 is 3. The maximum atomic E-state index is 12.6. The molecule has 36 heavy (non-hydrogen) atoms. The molecule has 0 atom stereocenters. The van der Waals surface area contributed by atoms with E-state index in [0.29, 0.717) is 40.0 Å². The Kier molecular flexibility index (Phi) is 7.10. The topological polar surface area (TPSA) is 133 Å². The van der Waals surface area contributed by atoms with Crippen LogP contribution >= 0.6 is 0 Å².